The minimum atomic E-state index is -2.84. The maximum absolute atomic E-state index is 11.5. The Morgan fingerprint density at radius 3 is 2.79 bits per heavy atom. The molecule has 24 heavy (non-hydrogen) atoms. The Hall–Kier alpha value is -1.76. The lowest BCUT2D eigenvalue weighted by Crippen LogP contribution is -2.38. The van der Waals surface area contributed by atoms with Crippen molar-refractivity contribution in [3.05, 3.63) is 29.8 Å². The molecule has 2 N–H and O–H groups in total. The number of ether oxygens (including phenoxy) is 1. The number of guanidine groups is 1. The Morgan fingerprint density at radius 2 is 2.12 bits per heavy atom. The Kier molecular flexibility index (Phi) is 6.90. The largest absolute Gasteiger partial charge is 0.496 e. The van der Waals surface area contributed by atoms with Crippen molar-refractivity contribution in [2.45, 2.75) is 19.8 Å². The lowest BCUT2D eigenvalue weighted by molar-refractivity contribution is 0.409. The topological polar surface area (TPSA) is 79.8 Å². The number of hydrogen-bond acceptors (Lipinski definition) is 4. The number of para-hydroxylation sites is 1. The van der Waals surface area contributed by atoms with E-state index in [0.717, 1.165) is 36.8 Å². The van der Waals surface area contributed by atoms with Gasteiger partial charge in [0.1, 0.15) is 5.75 Å². The van der Waals surface area contributed by atoms with Gasteiger partial charge in [0.15, 0.2) is 15.8 Å². The number of sulfone groups is 1. The Bertz CT molecular complexity index is 659. The molecule has 1 unspecified atom stereocenters. The summed E-state index contributed by atoms with van der Waals surface area (Å²) in [5, 5.41) is 6.50. The van der Waals surface area contributed by atoms with Crippen molar-refractivity contribution in [1.29, 1.82) is 0 Å². The summed E-state index contributed by atoms with van der Waals surface area (Å²) in [7, 11) is -1.17. The van der Waals surface area contributed by atoms with E-state index in [-0.39, 0.29) is 11.7 Å². The van der Waals surface area contributed by atoms with E-state index < -0.39 is 9.84 Å². The maximum Gasteiger partial charge on any atom is 0.191 e. The molecule has 0 saturated carbocycles. The quantitative estimate of drug-likeness (QED) is 0.569. The molecule has 1 aromatic carbocycles. The monoisotopic (exact) mass is 353 g/mol. The SMILES string of the molecule is CCNC(=NCC1CCS(=O)(=O)C1)NCCc1ccccc1OC. The van der Waals surface area contributed by atoms with Crippen molar-refractivity contribution in [3.63, 3.8) is 0 Å². The fourth-order valence-electron chi connectivity index (χ4n) is 2.80. The van der Waals surface area contributed by atoms with Crippen LogP contribution in [-0.4, -0.2) is 52.6 Å². The fourth-order valence-corrected chi connectivity index (χ4v) is 4.65. The van der Waals surface area contributed by atoms with Gasteiger partial charge in [0.25, 0.3) is 0 Å². The van der Waals surface area contributed by atoms with E-state index in [4.69, 9.17) is 4.74 Å². The number of hydrogen-bond donors (Lipinski definition) is 2. The molecule has 1 aromatic rings. The third-order valence-corrected chi connectivity index (χ3v) is 5.89. The molecule has 0 amide bonds. The molecule has 1 heterocycles. The van der Waals surface area contributed by atoms with Crippen LogP contribution in [0.25, 0.3) is 0 Å². The number of methoxy groups -OCH3 is 1. The second-order valence-electron chi connectivity index (χ2n) is 5.98. The van der Waals surface area contributed by atoms with Gasteiger partial charge in [0, 0.05) is 19.6 Å². The summed E-state index contributed by atoms with van der Waals surface area (Å²) in [6, 6.07) is 7.96. The van der Waals surface area contributed by atoms with Gasteiger partial charge >= 0.3 is 0 Å². The van der Waals surface area contributed by atoms with Crippen molar-refractivity contribution in [2.24, 2.45) is 10.9 Å². The minimum Gasteiger partial charge on any atom is -0.496 e. The average molecular weight is 353 g/mol. The summed E-state index contributed by atoms with van der Waals surface area (Å²) in [6.45, 7) is 4.05. The molecule has 0 radical (unpaired) electrons. The van der Waals surface area contributed by atoms with E-state index in [2.05, 4.69) is 15.6 Å². The van der Waals surface area contributed by atoms with E-state index in [1.54, 1.807) is 7.11 Å². The first-order valence-corrected chi connectivity index (χ1v) is 10.2. The Balaban J connectivity index is 1.85. The summed E-state index contributed by atoms with van der Waals surface area (Å²) >= 11 is 0. The van der Waals surface area contributed by atoms with Gasteiger partial charge in [-0.15, -0.1) is 0 Å². The van der Waals surface area contributed by atoms with E-state index in [1.807, 2.05) is 31.2 Å². The summed E-state index contributed by atoms with van der Waals surface area (Å²) in [6.07, 6.45) is 1.54. The summed E-state index contributed by atoms with van der Waals surface area (Å²) < 4.78 is 28.4. The van der Waals surface area contributed by atoms with Gasteiger partial charge in [-0.25, -0.2) is 8.42 Å². The molecular formula is C17H27N3O3S. The summed E-state index contributed by atoms with van der Waals surface area (Å²) in [4.78, 5) is 4.53. The molecule has 0 spiro atoms. The fraction of sp³-hybridized carbons (Fsp3) is 0.588. The van der Waals surface area contributed by atoms with Crippen molar-refractivity contribution in [1.82, 2.24) is 10.6 Å². The predicted molar refractivity (Wildman–Crippen MR) is 97.4 cm³/mol. The Morgan fingerprint density at radius 1 is 1.33 bits per heavy atom. The third kappa shape index (κ3) is 5.70. The van der Waals surface area contributed by atoms with Crippen LogP contribution in [0.5, 0.6) is 5.75 Å². The lowest BCUT2D eigenvalue weighted by Gasteiger charge is -2.13. The first-order valence-electron chi connectivity index (χ1n) is 8.38. The van der Waals surface area contributed by atoms with E-state index in [9.17, 15) is 8.42 Å². The first kappa shape index (κ1) is 18.6. The van der Waals surface area contributed by atoms with Crippen molar-refractivity contribution in [3.8, 4) is 5.75 Å². The molecule has 0 bridgehead atoms. The van der Waals surface area contributed by atoms with Crippen LogP contribution in [0.4, 0.5) is 0 Å². The summed E-state index contributed by atoms with van der Waals surface area (Å²) in [5.41, 5.74) is 1.14. The second-order valence-corrected chi connectivity index (χ2v) is 8.21. The number of benzene rings is 1. The van der Waals surface area contributed by atoms with Crippen LogP contribution in [0.2, 0.25) is 0 Å². The maximum atomic E-state index is 11.5. The highest BCUT2D eigenvalue weighted by Crippen LogP contribution is 2.18. The molecule has 7 heteroatoms. The highest BCUT2D eigenvalue weighted by atomic mass is 32.2. The smallest absolute Gasteiger partial charge is 0.191 e. The lowest BCUT2D eigenvalue weighted by atomic mass is 10.1. The van der Waals surface area contributed by atoms with Gasteiger partial charge in [0.2, 0.25) is 0 Å². The predicted octanol–water partition coefficient (Wildman–Crippen LogP) is 1.23. The number of nitrogens with one attached hydrogen (secondary N) is 2. The number of aliphatic imine (C=N–C) groups is 1. The van der Waals surface area contributed by atoms with Gasteiger partial charge in [-0.2, -0.15) is 0 Å². The third-order valence-electron chi connectivity index (χ3n) is 4.06. The zero-order chi connectivity index (χ0) is 17.4. The highest BCUT2D eigenvalue weighted by molar-refractivity contribution is 7.91. The molecule has 0 aromatic heterocycles. The highest BCUT2D eigenvalue weighted by Gasteiger charge is 2.27. The van der Waals surface area contributed by atoms with Crippen LogP contribution in [0, 0.1) is 5.92 Å². The molecule has 2 rings (SSSR count). The zero-order valence-electron chi connectivity index (χ0n) is 14.4. The molecule has 6 nitrogen and oxygen atoms in total. The molecule has 1 aliphatic rings. The average Bonchev–Trinajstić information content (AvgIpc) is 2.92. The molecule has 1 fully saturated rings. The van der Waals surface area contributed by atoms with Crippen LogP contribution in [0.15, 0.2) is 29.3 Å². The van der Waals surface area contributed by atoms with Crippen LogP contribution < -0.4 is 15.4 Å². The van der Waals surface area contributed by atoms with Crippen LogP contribution in [-0.2, 0) is 16.3 Å². The normalized spacial score (nSPS) is 19.9. The van der Waals surface area contributed by atoms with E-state index in [1.165, 1.54) is 0 Å². The van der Waals surface area contributed by atoms with E-state index >= 15 is 0 Å². The van der Waals surface area contributed by atoms with Gasteiger partial charge in [-0.3, -0.25) is 4.99 Å². The van der Waals surface area contributed by atoms with Crippen LogP contribution in [0.3, 0.4) is 0 Å². The standard InChI is InChI=1S/C17H27N3O3S/c1-3-18-17(20-12-14-9-11-24(21,22)13-14)19-10-8-15-6-4-5-7-16(15)23-2/h4-7,14H,3,8-13H2,1-2H3,(H2,18,19,20). The van der Waals surface area contributed by atoms with Gasteiger partial charge < -0.3 is 15.4 Å². The van der Waals surface area contributed by atoms with Crippen molar-refractivity contribution in [2.75, 3.05) is 38.2 Å². The second kappa shape index (κ2) is 8.92. The molecule has 1 saturated heterocycles. The first-order chi connectivity index (χ1) is 11.5. The molecule has 0 aliphatic carbocycles. The molecule has 1 atom stereocenters. The zero-order valence-corrected chi connectivity index (χ0v) is 15.2. The number of nitrogens with zero attached hydrogens (tertiary/aromatic N) is 1. The van der Waals surface area contributed by atoms with Crippen LogP contribution >= 0.6 is 0 Å². The van der Waals surface area contributed by atoms with Gasteiger partial charge in [0.05, 0.1) is 18.6 Å². The van der Waals surface area contributed by atoms with Crippen molar-refractivity contribution >= 4 is 15.8 Å². The van der Waals surface area contributed by atoms with E-state index in [0.29, 0.717) is 18.7 Å². The summed E-state index contributed by atoms with van der Waals surface area (Å²) in [5.74, 6) is 2.32. The van der Waals surface area contributed by atoms with Gasteiger partial charge in [-0.1, -0.05) is 18.2 Å². The van der Waals surface area contributed by atoms with Gasteiger partial charge in [-0.05, 0) is 37.3 Å². The molecule has 1 aliphatic heterocycles. The van der Waals surface area contributed by atoms with Crippen molar-refractivity contribution < 1.29 is 13.2 Å². The number of rotatable bonds is 7. The Labute approximate surface area is 144 Å². The minimum absolute atomic E-state index is 0.139. The molecular weight excluding hydrogens is 326 g/mol. The molecule has 134 valence electrons. The van der Waals surface area contributed by atoms with Crippen LogP contribution in [0.1, 0.15) is 18.9 Å².